The van der Waals surface area contributed by atoms with E-state index in [1.54, 1.807) is 6.26 Å². The van der Waals surface area contributed by atoms with Gasteiger partial charge in [0.2, 0.25) is 0 Å². The van der Waals surface area contributed by atoms with Gasteiger partial charge >= 0.3 is 0 Å². The Labute approximate surface area is 119 Å². The predicted octanol–water partition coefficient (Wildman–Crippen LogP) is 3.19. The molecule has 0 saturated carbocycles. The van der Waals surface area contributed by atoms with Gasteiger partial charge < -0.3 is 14.5 Å². The molecule has 1 aromatic carbocycles. The molecule has 1 N–H and O–H groups in total. The summed E-state index contributed by atoms with van der Waals surface area (Å²) in [5.74, 6) is 1.07. The van der Waals surface area contributed by atoms with Crippen molar-refractivity contribution in [3.8, 4) is 0 Å². The molecule has 2 unspecified atom stereocenters. The summed E-state index contributed by atoms with van der Waals surface area (Å²) in [5, 5.41) is 3.46. The minimum absolute atomic E-state index is 0.519. The van der Waals surface area contributed by atoms with Crippen LogP contribution in [0.25, 0.3) is 0 Å². The minimum atomic E-state index is 0.519. The summed E-state index contributed by atoms with van der Waals surface area (Å²) in [5.41, 5.74) is 2.54. The molecule has 0 amide bonds. The summed E-state index contributed by atoms with van der Waals surface area (Å²) in [6.45, 7) is 3.57. The molecule has 1 aliphatic rings. The summed E-state index contributed by atoms with van der Waals surface area (Å²) >= 11 is 0. The van der Waals surface area contributed by atoms with Crippen LogP contribution in [0.3, 0.4) is 0 Å². The fourth-order valence-electron chi connectivity index (χ4n) is 2.93. The topological polar surface area (TPSA) is 34.4 Å². The highest BCUT2D eigenvalue weighted by Gasteiger charge is 2.27. The second-order valence-corrected chi connectivity index (χ2v) is 5.42. The van der Waals surface area contributed by atoms with Crippen molar-refractivity contribution in [2.45, 2.75) is 18.9 Å². The van der Waals surface area contributed by atoms with Gasteiger partial charge in [-0.15, -0.1) is 0 Å². The Morgan fingerprint density at radius 2 is 2.10 bits per heavy atom. The van der Waals surface area contributed by atoms with Gasteiger partial charge in [-0.2, -0.15) is 0 Å². The lowest BCUT2D eigenvalue weighted by Crippen LogP contribution is -2.37. The molecular weight excluding hydrogens is 250 g/mol. The maximum atomic E-state index is 5.92. The van der Waals surface area contributed by atoms with Crippen molar-refractivity contribution in [2.24, 2.45) is 5.92 Å². The van der Waals surface area contributed by atoms with E-state index in [4.69, 9.17) is 9.15 Å². The second-order valence-electron chi connectivity index (χ2n) is 5.42. The first kappa shape index (κ1) is 13.4. The van der Waals surface area contributed by atoms with Gasteiger partial charge in [-0.3, -0.25) is 0 Å². The molecule has 2 heterocycles. The predicted molar refractivity (Wildman–Crippen MR) is 78.5 cm³/mol. The monoisotopic (exact) mass is 271 g/mol. The number of hydrogen-bond donors (Lipinski definition) is 1. The van der Waals surface area contributed by atoms with Crippen LogP contribution in [0, 0.1) is 5.92 Å². The largest absolute Gasteiger partial charge is 0.472 e. The third-order valence-electron chi connectivity index (χ3n) is 4.02. The molecule has 0 spiro atoms. The number of furan rings is 1. The average molecular weight is 271 g/mol. The first-order chi connectivity index (χ1) is 9.93. The van der Waals surface area contributed by atoms with Crippen molar-refractivity contribution < 1.29 is 9.15 Å². The minimum Gasteiger partial charge on any atom is -0.472 e. The molecule has 1 fully saturated rings. The van der Waals surface area contributed by atoms with Crippen LogP contribution in [0.2, 0.25) is 0 Å². The van der Waals surface area contributed by atoms with Crippen molar-refractivity contribution in [3.05, 3.63) is 60.1 Å². The van der Waals surface area contributed by atoms with E-state index >= 15 is 0 Å². The zero-order valence-corrected chi connectivity index (χ0v) is 11.6. The normalized spacial score (nSPS) is 22.8. The van der Waals surface area contributed by atoms with Crippen LogP contribution in [-0.4, -0.2) is 19.7 Å². The Kier molecular flexibility index (Phi) is 4.51. The van der Waals surface area contributed by atoms with Crippen LogP contribution >= 0.6 is 0 Å². The second kappa shape index (κ2) is 6.73. The summed E-state index contributed by atoms with van der Waals surface area (Å²) < 4.78 is 11.1. The van der Waals surface area contributed by atoms with Gasteiger partial charge in [-0.05, 0) is 36.1 Å². The Morgan fingerprint density at radius 3 is 2.90 bits per heavy atom. The molecule has 3 heteroatoms. The van der Waals surface area contributed by atoms with Gasteiger partial charge in [-0.1, -0.05) is 30.3 Å². The molecule has 1 aliphatic heterocycles. The van der Waals surface area contributed by atoms with E-state index in [0.29, 0.717) is 18.4 Å². The van der Waals surface area contributed by atoms with E-state index in [1.165, 1.54) is 11.1 Å². The summed E-state index contributed by atoms with van der Waals surface area (Å²) in [7, 11) is 0. The molecular formula is C17H21NO2. The number of rotatable bonds is 5. The number of benzene rings is 1. The lowest BCUT2D eigenvalue weighted by molar-refractivity contribution is 0.0699. The SMILES string of the molecule is c1ccc(COCC2CNCCC2c2ccoc2)cc1. The van der Waals surface area contributed by atoms with Crippen LogP contribution in [0.5, 0.6) is 0 Å². The van der Waals surface area contributed by atoms with Crippen LogP contribution < -0.4 is 5.32 Å². The number of ether oxygens (including phenoxy) is 1. The molecule has 2 atom stereocenters. The fraction of sp³-hybridized carbons (Fsp3) is 0.412. The highest BCUT2D eigenvalue weighted by atomic mass is 16.5. The van der Waals surface area contributed by atoms with Crippen LogP contribution in [0.1, 0.15) is 23.5 Å². The smallest absolute Gasteiger partial charge is 0.0937 e. The van der Waals surface area contributed by atoms with Crippen molar-refractivity contribution in [2.75, 3.05) is 19.7 Å². The van der Waals surface area contributed by atoms with Gasteiger partial charge in [-0.25, -0.2) is 0 Å². The third-order valence-corrected chi connectivity index (χ3v) is 4.02. The molecule has 3 rings (SSSR count). The first-order valence-electron chi connectivity index (χ1n) is 7.28. The molecule has 1 aromatic heterocycles. The van der Waals surface area contributed by atoms with E-state index in [-0.39, 0.29) is 0 Å². The van der Waals surface area contributed by atoms with Crippen LogP contribution in [0.15, 0.2) is 53.3 Å². The molecule has 2 aromatic rings. The van der Waals surface area contributed by atoms with Crippen LogP contribution in [0.4, 0.5) is 0 Å². The summed E-state index contributed by atoms with van der Waals surface area (Å²) in [6, 6.07) is 12.4. The molecule has 0 bridgehead atoms. The highest BCUT2D eigenvalue weighted by Crippen LogP contribution is 2.30. The van der Waals surface area contributed by atoms with E-state index in [9.17, 15) is 0 Å². The van der Waals surface area contributed by atoms with Gasteiger partial charge in [0.25, 0.3) is 0 Å². The quantitative estimate of drug-likeness (QED) is 0.907. The lowest BCUT2D eigenvalue weighted by atomic mass is 9.83. The van der Waals surface area contributed by atoms with Gasteiger partial charge in [0, 0.05) is 12.5 Å². The first-order valence-corrected chi connectivity index (χ1v) is 7.28. The van der Waals surface area contributed by atoms with Gasteiger partial charge in [0.15, 0.2) is 0 Å². The van der Waals surface area contributed by atoms with E-state index in [0.717, 1.165) is 26.1 Å². The summed E-state index contributed by atoms with van der Waals surface area (Å²) in [6.07, 6.45) is 4.79. The van der Waals surface area contributed by atoms with Crippen molar-refractivity contribution in [1.29, 1.82) is 0 Å². The number of nitrogens with one attached hydrogen (secondary N) is 1. The highest BCUT2D eigenvalue weighted by molar-refractivity contribution is 5.15. The maximum Gasteiger partial charge on any atom is 0.0937 e. The van der Waals surface area contributed by atoms with Crippen LogP contribution in [-0.2, 0) is 11.3 Å². The van der Waals surface area contributed by atoms with E-state index in [2.05, 4.69) is 35.6 Å². The van der Waals surface area contributed by atoms with E-state index < -0.39 is 0 Å². The van der Waals surface area contributed by atoms with Crippen molar-refractivity contribution >= 4 is 0 Å². The Morgan fingerprint density at radius 1 is 1.20 bits per heavy atom. The number of piperidine rings is 1. The molecule has 1 saturated heterocycles. The lowest BCUT2D eigenvalue weighted by Gasteiger charge is -2.31. The number of hydrogen-bond acceptors (Lipinski definition) is 3. The zero-order valence-electron chi connectivity index (χ0n) is 11.6. The Bertz CT molecular complexity index is 495. The molecule has 106 valence electrons. The molecule has 20 heavy (non-hydrogen) atoms. The standard InChI is InChI=1S/C17H21NO2/c1-2-4-14(5-3-1)11-20-13-16-10-18-8-6-17(16)15-7-9-19-12-15/h1-5,7,9,12,16-18H,6,8,10-11,13H2. The molecule has 0 radical (unpaired) electrons. The summed E-state index contributed by atoms with van der Waals surface area (Å²) in [4.78, 5) is 0. The average Bonchev–Trinajstić information content (AvgIpc) is 3.03. The van der Waals surface area contributed by atoms with Gasteiger partial charge in [0.1, 0.15) is 0 Å². The molecule has 0 aliphatic carbocycles. The Hall–Kier alpha value is -1.58. The molecule has 3 nitrogen and oxygen atoms in total. The fourth-order valence-corrected chi connectivity index (χ4v) is 2.93. The van der Waals surface area contributed by atoms with Gasteiger partial charge in [0.05, 0.1) is 25.7 Å². The Balaban J connectivity index is 1.55. The van der Waals surface area contributed by atoms with Crippen molar-refractivity contribution in [3.63, 3.8) is 0 Å². The third kappa shape index (κ3) is 3.30. The van der Waals surface area contributed by atoms with Crippen molar-refractivity contribution in [1.82, 2.24) is 5.32 Å². The zero-order chi connectivity index (χ0) is 13.6. The van der Waals surface area contributed by atoms with E-state index in [1.807, 2.05) is 12.3 Å². The maximum absolute atomic E-state index is 5.92.